The van der Waals surface area contributed by atoms with Crippen LogP contribution < -0.4 is 10.1 Å². The SMILES string of the molecule is CC1(C)OCc2cc([C@@H]3CN(CCCCCCOCCC#Cc4cccc(CN5CC(=O)NC5=O)c4)C(=O)O3)ccc2O1. The summed E-state index contributed by atoms with van der Waals surface area (Å²) in [6, 6.07) is 13.2. The maximum absolute atomic E-state index is 12.4. The van der Waals surface area contributed by atoms with Crippen molar-refractivity contribution in [2.45, 2.75) is 71.0 Å². The zero-order valence-corrected chi connectivity index (χ0v) is 24.9. The van der Waals surface area contributed by atoms with Crippen LogP contribution in [-0.4, -0.2) is 66.5 Å². The van der Waals surface area contributed by atoms with Gasteiger partial charge in [-0.3, -0.25) is 10.1 Å². The number of fused-ring (bicyclic) bond motifs is 1. The van der Waals surface area contributed by atoms with E-state index in [1.165, 1.54) is 4.90 Å². The van der Waals surface area contributed by atoms with E-state index in [4.69, 9.17) is 18.9 Å². The number of urea groups is 1. The second-order valence-corrected chi connectivity index (χ2v) is 11.5. The summed E-state index contributed by atoms with van der Waals surface area (Å²) in [4.78, 5) is 38.8. The molecule has 3 aliphatic rings. The third-order valence-corrected chi connectivity index (χ3v) is 7.51. The molecule has 0 bridgehead atoms. The van der Waals surface area contributed by atoms with E-state index < -0.39 is 5.79 Å². The lowest BCUT2D eigenvalue weighted by Crippen LogP contribution is -2.35. The zero-order valence-electron chi connectivity index (χ0n) is 24.9. The minimum absolute atomic E-state index is 0.0854. The van der Waals surface area contributed by atoms with Crippen LogP contribution in [0.3, 0.4) is 0 Å². The molecule has 5 rings (SSSR count). The Labute approximate surface area is 252 Å². The van der Waals surface area contributed by atoms with Crippen LogP contribution in [0, 0.1) is 11.8 Å². The van der Waals surface area contributed by atoms with Crippen LogP contribution in [-0.2, 0) is 32.2 Å². The standard InChI is InChI=1S/C33H39N3O7/c1-33(2)41-23-27-19-26(13-14-28(27)43-33)29-21-35(32(39)42-29)15-6-3-4-7-16-40-17-8-5-10-24-11-9-12-25(18-24)20-36-22-30(37)34-31(36)38/h9,11-14,18-19,29H,3-4,6-8,15-17,20-23H2,1-2H3,(H,34,37,38)/t29-/m0/s1. The van der Waals surface area contributed by atoms with Gasteiger partial charge in [0, 0.05) is 51.1 Å². The first kappa shape index (κ1) is 30.4. The van der Waals surface area contributed by atoms with Crippen LogP contribution in [0.4, 0.5) is 9.59 Å². The molecule has 2 fully saturated rings. The minimum Gasteiger partial charge on any atom is -0.463 e. The van der Waals surface area contributed by atoms with Crippen molar-refractivity contribution in [1.82, 2.24) is 15.1 Å². The van der Waals surface area contributed by atoms with Gasteiger partial charge < -0.3 is 28.7 Å². The molecule has 4 amide bonds. The van der Waals surface area contributed by atoms with Crippen molar-refractivity contribution >= 4 is 18.0 Å². The fraction of sp³-hybridized carbons (Fsp3) is 0.485. The molecule has 10 heteroatoms. The number of ether oxygens (including phenoxy) is 4. The van der Waals surface area contributed by atoms with Crippen molar-refractivity contribution in [1.29, 1.82) is 0 Å². The molecule has 0 aromatic heterocycles. The molecule has 0 saturated carbocycles. The lowest BCUT2D eigenvalue weighted by Gasteiger charge is -2.32. The highest BCUT2D eigenvalue weighted by atomic mass is 16.7. The summed E-state index contributed by atoms with van der Waals surface area (Å²) in [7, 11) is 0. The molecule has 3 heterocycles. The highest BCUT2D eigenvalue weighted by molar-refractivity contribution is 6.01. The lowest BCUT2D eigenvalue weighted by molar-refractivity contribution is -0.180. The van der Waals surface area contributed by atoms with E-state index in [9.17, 15) is 14.4 Å². The van der Waals surface area contributed by atoms with Gasteiger partial charge in [0.1, 0.15) is 18.4 Å². The van der Waals surface area contributed by atoms with Gasteiger partial charge in [0.2, 0.25) is 11.7 Å². The number of amides is 4. The predicted octanol–water partition coefficient (Wildman–Crippen LogP) is 4.90. The van der Waals surface area contributed by atoms with E-state index in [1.54, 1.807) is 4.90 Å². The van der Waals surface area contributed by atoms with E-state index in [2.05, 4.69) is 17.2 Å². The minimum atomic E-state index is -0.636. The Balaban J connectivity index is 0.920. The molecule has 0 spiro atoms. The molecular formula is C33H39N3O7. The van der Waals surface area contributed by atoms with Gasteiger partial charge in [-0.2, -0.15) is 0 Å². The van der Waals surface area contributed by atoms with Crippen LogP contribution in [0.15, 0.2) is 42.5 Å². The smallest absolute Gasteiger partial charge is 0.410 e. The van der Waals surface area contributed by atoms with E-state index in [-0.39, 0.29) is 30.7 Å². The van der Waals surface area contributed by atoms with Gasteiger partial charge in [0.25, 0.3) is 0 Å². The predicted molar refractivity (Wildman–Crippen MR) is 158 cm³/mol. The van der Waals surface area contributed by atoms with E-state index in [1.807, 2.05) is 56.3 Å². The summed E-state index contributed by atoms with van der Waals surface area (Å²) in [5, 5.41) is 2.28. The summed E-state index contributed by atoms with van der Waals surface area (Å²) in [6.45, 7) is 7.20. The summed E-state index contributed by atoms with van der Waals surface area (Å²) in [5.74, 6) is 6.17. The molecule has 2 saturated heterocycles. The number of hydrogen-bond donors (Lipinski definition) is 1. The van der Waals surface area contributed by atoms with Crippen molar-refractivity contribution in [2.24, 2.45) is 0 Å². The second-order valence-electron chi connectivity index (χ2n) is 11.5. The van der Waals surface area contributed by atoms with Gasteiger partial charge in [-0.05, 0) is 48.2 Å². The van der Waals surface area contributed by atoms with Crippen molar-refractivity contribution in [2.75, 3.05) is 32.8 Å². The van der Waals surface area contributed by atoms with Gasteiger partial charge in [-0.15, -0.1) is 0 Å². The maximum atomic E-state index is 12.4. The van der Waals surface area contributed by atoms with Gasteiger partial charge in [-0.25, -0.2) is 9.59 Å². The van der Waals surface area contributed by atoms with Crippen molar-refractivity contribution in [3.8, 4) is 17.6 Å². The van der Waals surface area contributed by atoms with Gasteiger partial charge in [-0.1, -0.05) is 42.9 Å². The Bertz CT molecular complexity index is 1400. The molecule has 0 radical (unpaired) electrons. The molecule has 0 aliphatic carbocycles. The van der Waals surface area contributed by atoms with E-state index >= 15 is 0 Å². The number of rotatable bonds is 12. The largest absolute Gasteiger partial charge is 0.463 e. The van der Waals surface area contributed by atoms with E-state index in [0.717, 1.165) is 53.7 Å². The average molecular weight is 590 g/mol. The Morgan fingerprint density at radius 2 is 1.88 bits per heavy atom. The summed E-state index contributed by atoms with van der Waals surface area (Å²) >= 11 is 0. The Kier molecular flexibility index (Phi) is 9.85. The van der Waals surface area contributed by atoms with Crippen LogP contribution in [0.2, 0.25) is 0 Å². The molecule has 0 unspecified atom stereocenters. The van der Waals surface area contributed by atoms with Crippen molar-refractivity contribution in [3.63, 3.8) is 0 Å². The quantitative estimate of drug-likeness (QED) is 0.213. The summed E-state index contributed by atoms with van der Waals surface area (Å²) in [5.41, 5.74) is 3.73. The van der Waals surface area contributed by atoms with Gasteiger partial charge in [0.15, 0.2) is 0 Å². The number of nitrogens with zero attached hydrogens (tertiary/aromatic N) is 2. The highest BCUT2D eigenvalue weighted by Gasteiger charge is 2.33. The Morgan fingerprint density at radius 1 is 1.02 bits per heavy atom. The normalized spacial score (nSPS) is 18.9. The fourth-order valence-corrected chi connectivity index (χ4v) is 5.25. The Hall–Kier alpha value is -4.07. The van der Waals surface area contributed by atoms with Gasteiger partial charge >= 0.3 is 12.1 Å². The first-order valence-electron chi connectivity index (χ1n) is 14.9. The topological polar surface area (TPSA) is 107 Å². The molecule has 10 nitrogen and oxygen atoms in total. The first-order valence-corrected chi connectivity index (χ1v) is 14.9. The first-order chi connectivity index (χ1) is 20.8. The molecule has 228 valence electrons. The van der Waals surface area contributed by atoms with Crippen LogP contribution in [0.25, 0.3) is 0 Å². The number of nitrogens with one attached hydrogen (secondary N) is 1. The van der Waals surface area contributed by atoms with Crippen molar-refractivity contribution < 1.29 is 33.3 Å². The molecule has 43 heavy (non-hydrogen) atoms. The molecule has 1 atom stereocenters. The van der Waals surface area contributed by atoms with Crippen LogP contribution in [0.1, 0.15) is 74.3 Å². The van der Waals surface area contributed by atoms with Crippen LogP contribution >= 0.6 is 0 Å². The van der Waals surface area contributed by atoms with Crippen molar-refractivity contribution in [3.05, 3.63) is 64.7 Å². The molecule has 2 aromatic carbocycles. The molecule has 1 N–H and O–H groups in total. The molecule has 3 aliphatic heterocycles. The molecule has 2 aromatic rings. The molecular weight excluding hydrogens is 550 g/mol. The van der Waals surface area contributed by atoms with Gasteiger partial charge in [0.05, 0.1) is 19.8 Å². The number of carbonyl (C=O) groups is 3. The van der Waals surface area contributed by atoms with Crippen LogP contribution in [0.5, 0.6) is 5.75 Å². The second kappa shape index (κ2) is 13.9. The Morgan fingerprint density at radius 3 is 2.72 bits per heavy atom. The third-order valence-electron chi connectivity index (χ3n) is 7.51. The maximum Gasteiger partial charge on any atom is 0.410 e. The number of hydrogen-bond acceptors (Lipinski definition) is 7. The third kappa shape index (κ3) is 8.49. The van der Waals surface area contributed by atoms with E-state index in [0.29, 0.717) is 45.9 Å². The number of benzene rings is 2. The fourth-order valence-electron chi connectivity index (χ4n) is 5.25. The number of carbonyl (C=O) groups excluding carboxylic acids is 3. The summed E-state index contributed by atoms with van der Waals surface area (Å²) < 4.78 is 23.0. The number of unbranched alkanes of at least 4 members (excludes halogenated alkanes) is 3. The lowest BCUT2D eigenvalue weighted by atomic mass is 10.0. The zero-order chi connectivity index (χ0) is 30.2. The monoisotopic (exact) mass is 589 g/mol. The number of imide groups is 1. The highest BCUT2D eigenvalue weighted by Crippen LogP contribution is 2.35. The summed E-state index contributed by atoms with van der Waals surface area (Å²) in [6.07, 6.45) is 4.03. The average Bonchev–Trinajstić information content (AvgIpc) is 3.50. The number of cyclic esters (lactones) is 1.